The fourth-order valence-corrected chi connectivity index (χ4v) is 2.87. The Morgan fingerprint density at radius 1 is 1.19 bits per heavy atom. The van der Waals surface area contributed by atoms with Crippen LogP contribution in [0.25, 0.3) is 0 Å². The van der Waals surface area contributed by atoms with Crippen molar-refractivity contribution in [1.29, 1.82) is 0 Å². The topological polar surface area (TPSA) is 24.5 Å². The maximum atomic E-state index is 5.88. The van der Waals surface area contributed by atoms with Crippen LogP contribution in [0.4, 0.5) is 0 Å². The van der Waals surface area contributed by atoms with Crippen LogP contribution in [0, 0.1) is 12.8 Å². The van der Waals surface area contributed by atoms with Crippen molar-refractivity contribution in [2.45, 2.75) is 39.7 Å². The molecule has 1 N–H and O–H groups in total. The molecule has 0 aromatic heterocycles. The van der Waals surface area contributed by atoms with Crippen molar-refractivity contribution in [1.82, 2.24) is 10.2 Å². The lowest BCUT2D eigenvalue weighted by Gasteiger charge is -2.32. The smallest absolute Gasteiger partial charge is 0.119 e. The van der Waals surface area contributed by atoms with E-state index < -0.39 is 0 Å². The summed E-state index contributed by atoms with van der Waals surface area (Å²) in [6.07, 6.45) is 2.62. The number of nitrogens with zero attached hydrogens (tertiary/aromatic N) is 1. The Labute approximate surface area is 129 Å². The fraction of sp³-hybridized carbons (Fsp3) is 0.667. The van der Waals surface area contributed by atoms with Crippen LogP contribution in [-0.4, -0.2) is 43.7 Å². The first-order valence-electron chi connectivity index (χ1n) is 8.29. The molecule has 21 heavy (non-hydrogen) atoms. The maximum absolute atomic E-state index is 5.88. The van der Waals surface area contributed by atoms with Gasteiger partial charge in [-0.3, -0.25) is 4.90 Å². The van der Waals surface area contributed by atoms with Crippen LogP contribution in [0.1, 0.15) is 32.3 Å². The molecular weight excluding hydrogens is 260 g/mol. The van der Waals surface area contributed by atoms with Crippen LogP contribution < -0.4 is 10.1 Å². The summed E-state index contributed by atoms with van der Waals surface area (Å²) in [5.41, 5.74) is 1.28. The van der Waals surface area contributed by atoms with E-state index in [1.807, 2.05) is 0 Å². The first kappa shape index (κ1) is 16.3. The molecule has 1 aliphatic heterocycles. The molecule has 1 aliphatic rings. The Kier molecular flexibility index (Phi) is 6.52. The highest BCUT2D eigenvalue weighted by Crippen LogP contribution is 2.16. The average Bonchev–Trinajstić information content (AvgIpc) is 2.49. The van der Waals surface area contributed by atoms with Crippen molar-refractivity contribution in [2.24, 2.45) is 5.92 Å². The van der Waals surface area contributed by atoms with E-state index in [9.17, 15) is 0 Å². The third-order valence-corrected chi connectivity index (χ3v) is 4.35. The Morgan fingerprint density at radius 2 is 1.86 bits per heavy atom. The zero-order chi connectivity index (χ0) is 15.1. The van der Waals surface area contributed by atoms with Gasteiger partial charge in [-0.05, 0) is 64.8 Å². The second-order valence-corrected chi connectivity index (χ2v) is 6.44. The van der Waals surface area contributed by atoms with Gasteiger partial charge in [0.25, 0.3) is 0 Å². The molecule has 3 nitrogen and oxygen atoms in total. The summed E-state index contributed by atoms with van der Waals surface area (Å²) in [4.78, 5) is 2.56. The standard InChI is InChI=1S/C18H30N2O/c1-15(2)20(14-17-8-10-19-11-9-17)12-13-21-18-6-4-16(3)5-7-18/h4-7,15,17,19H,8-14H2,1-3H3. The monoisotopic (exact) mass is 290 g/mol. The molecule has 0 amide bonds. The van der Waals surface area contributed by atoms with Crippen LogP contribution in [0.3, 0.4) is 0 Å². The average molecular weight is 290 g/mol. The molecule has 1 saturated heterocycles. The molecule has 3 heteroatoms. The minimum Gasteiger partial charge on any atom is -0.492 e. The number of benzene rings is 1. The van der Waals surface area contributed by atoms with E-state index in [0.29, 0.717) is 6.04 Å². The summed E-state index contributed by atoms with van der Waals surface area (Å²) in [5.74, 6) is 1.82. The minimum atomic E-state index is 0.585. The highest BCUT2D eigenvalue weighted by atomic mass is 16.5. The molecule has 1 aromatic rings. The maximum Gasteiger partial charge on any atom is 0.119 e. The fourth-order valence-electron chi connectivity index (χ4n) is 2.87. The number of hydrogen-bond donors (Lipinski definition) is 1. The zero-order valence-electron chi connectivity index (χ0n) is 13.8. The van der Waals surface area contributed by atoms with E-state index in [0.717, 1.165) is 24.8 Å². The lowest BCUT2D eigenvalue weighted by atomic mass is 9.97. The molecule has 0 aliphatic carbocycles. The van der Waals surface area contributed by atoms with E-state index >= 15 is 0 Å². The minimum absolute atomic E-state index is 0.585. The summed E-state index contributed by atoms with van der Waals surface area (Å²) < 4.78 is 5.88. The summed E-state index contributed by atoms with van der Waals surface area (Å²) in [7, 11) is 0. The van der Waals surface area contributed by atoms with E-state index in [1.165, 1.54) is 38.0 Å². The number of piperidine rings is 1. The molecule has 1 heterocycles. The molecular formula is C18H30N2O. The van der Waals surface area contributed by atoms with E-state index in [4.69, 9.17) is 4.74 Å². The molecule has 0 spiro atoms. The normalized spacial score (nSPS) is 16.6. The number of hydrogen-bond acceptors (Lipinski definition) is 3. The Bertz CT molecular complexity index is 396. The van der Waals surface area contributed by atoms with Gasteiger partial charge >= 0.3 is 0 Å². The summed E-state index contributed by atoms with van der Waals surface area (Å²) in [5, 5.41) is 3.44. The number of nitrogens with one attached hydrogen (secondary N) is 1. The predicted octanol–water partition coefficient (Wildman–Crippen LogP) is 3.08. The van der Waals surface area contributed by atoms with Gasteiger partial charge in [0.2, 0.25) is 0 Å². The lowest BCUT2D eigenvalue weighted by molar-refractivity contribution is 0.142. The van der Waals surface area contributed by atoms with Crippen LogP contribution in [0.5, 0.6) is 5.75 Å². The van der Waals surface area contributed by atoms with Gasteiger partial charge in [-0.15, -0.1) is 0 Å². The van der Waals surface area contributed by atoms with Crippen molar-refractivity contribution >= 4 is 0 Å². The second kappa shape index (κ2) is 8.40. The lowest BCUT2D eigenvalue weighted by Crippen LogP contribution is -2.41. The highest BCUT2D eigenvalue weighted by molar-refractivity contribution is 5.26. The Morgan fingerprint density at radius 3 is 2.48 bits per heavy atom. The van der Waals surface area contributed by atoms with Crippen LogP contribution in [0.15, 0.2) is 24.3 Å². The van der Waals surface area contributed by atoms with Crippen molar-refractivity contribution in [2.75, 3.05) is 32.8 Å². The van der Waals surface area contributed by atoms with E-state index in [-0.39, 0.29) is 0 Å². The first-order valence-corrected chi connectivity index (χ1v) is 8.29. The zero-order valence-corrected chi connectivity index (χ0v) is 13.8. The van der Waals surface area contributed by atoms with Gasteiger partial charge in [0, 0.05) is 19.1 Å². The van der Waals surface area contributed by atoms with Gasteiger partial charge in [0.1, 0.15) is 12.4 Å². The molecule has 2 rings (SSSR count). The van der Waals surface area contributed by atoms with Gasteiger partial charge < -0.3 is 10.1 Å². The summed E-state index contributed by atoms with van der Waals surface area (Å²) in [6.45, 7) is 12.0. The van der Waals surface area contributed by atoms with Gasteiger partial charge in [-0.25, -0.2) is 0 Å². The number of aryl methyl sites for hydroxylation is 1. The van der Waals surface area contributed by atoms with Gasteiger partial charge in [0.15, 0.2) is 0 Å². The Balaban J connectivity index is 1.75. The first-order chi connectivity index (χ1) is 10.1. The van der Waals surface area contributed by atoms with E-state index in [1.54, 1.807) is 0 Å². The van der Waals surface area contributed by atoms with Gasteiger partial charge in [-0.1, -0.05) is 17.7 Å². The molecule has 0 bridgehead atoms. The van der Waals surface area contributed by atoms with Crippen molar-refractivity contribution < 1.29 is 4.74 Å². The molecule has 118 valence electrons. The van der Waals surface area contributed by atoms with E-state index in [2.05, 4.69) is 55.3 Å². The molecule has 0 radical (unpaired) electrons. The predicted molar refractivity (Wildman–Crippen MR) is 89.0 cm³/mol. The van der Waals surface area contributed by atoms with Crippen molar-refractivity contribution in [3.8, 4) is 5.75 Å². The SMILES string of the molecule is Cc1ccc(OCCN(CC2CCNCC2)C(C)C)cc1. The van der Waals surface area contributed by atoms with Gasteiger partial charge in [-0.2, -0.15) is 0 Å². The van der Waals surface area contributed by atoms with Crippen molar-refractivity contribution in [3.05, 3.63) is 29.8 Å². The molecule has 0 unspecified atom stereocenters. The molecule has 0 atom stereocenters. The quantitative estimate of drug-likeness (QED) is 0.835. The van der Waals surface area contributed by atoms with Crippen molar-refractivity contribution in [3.63, 3.8) is 0 Å². The largest absolute Gasteiger partial charge is 0.492 e. The van der Waals surface area contributed by atoms with Crippen LogP contribution in [-0.2, 0) is 0 Å². The third-order valence-electron chi connectivity index (χ3n) is 4.35. The number of ether oxygens (including phenoxy) is 1. The Hall–Kier alpha value is -1.06. The number of rotatable bonds is 7. The molecule has 0 saturated carbocycles. The molecule has 1 fully saturated rings. The van der Waals surface area contributed by atoms with Gasteiger partial charge in [0.05, 0.1) is 0 Å². The molecule has 1 aromatic carbocycles. The highest BCUT2D eigenvalue weighted by Gasteiger charge is 2.18. The van der Waals surface area contributed by atoms with Crippen LogP contribution in [0.2, 0.25) is 0 Å². The van der Waals surface area contributed by atoms with Crippen LogP contribution >= 0.6 is 0 Å². The summed E-state index contributed by atoms with van der Waals surface area (Å²) in [6, 6.07) is 8.90. The third kappa shape index (κ3) is 5.68. The summed E-state index contributed by atoms with van der Waals surface area (Å²) >= 11 is 0. The second-order valence-electron chi connectivity index (χ2n) is 6.44.